The van der Waals surface area contributed by atoms with Crippen LogP contribution in [0.25, 0.3) is 0 Å². The van der Waals surface area contributed by atoms with Gasteiger partial charge in [-0.25, -0.2) is 8.42 Å². The molecule has 0 unspecified atom stereocenters. The normalized spacial score (nSPS) is 19.4. The van der Waals surface area contributed by atoms with Crippen molar-refractivity contribution in [3.05, 3.63) is 0 Å². The second kappa shape index (κ2) is 6.47. The fourth-order valence-electron chi connectivity index (χ4n) is 1.93. The smallest absolute Gasteiger partial charge is 0.214 e. The lowest BCUT2D eigenvalue weighted by Crippen LogP contribution is -2.49. The highest BCUT2D eigenvalue weighted by Gasteiger charge is 2.25. The summed E-state index contributed by atoms with van der Waals surface area (Å²) in [5, 5.41) is 0. The number of rotatable bonds is 6. The first-order valence-corrected chi connectivity index (χ1v) is 7.76. The van der Waals surface area contributed by atoms with Gasteiger partial charge in [0.1, 0.15) is 5.78 Å². The van der Waals surface area contributed by atoms with Gasteiger partial charge in [0.05, 0.1) is 5.75 Å². The van der Waals surface area contributed by atoms with Crippen LogP contribution >= 0.6 is 0 Å². The lowest BCUT2D eigenvalue weighted by atomic mass is 10.2. The third-order valence-corrected chi connectivity index (χ3v) is 5.04. The molecule has 1 heterocycles. The molecule has 0 aromatic carbocycles. The average molecular weight is 262 g/mol. The molecule has 0 atom stereocenters. The third-order valence-electron chi connectivity index (χ3n) is 2.97. The third kappa shape index (κ3) is 4.73. The summed E-state index contributed by atoms with van der Waals surface area (Å²) in [6.07, 6.45) is 1.22. The first-order chi connectivity index (χ1) is 7.95. The molecule has 0 spiro atoms. The molecule has 1 fully saturated rings. The SMILES string of the molecule is CCCS(=O)(=O)N1CCN(CCC(C)=O)CC1. The number of ketones is 1. The van der Waals surface area contributed by atoms with Crippen LogP contribution in [0.4, 0.5) is 0 Å². The molecule has 17 heavy (non-hydrogen) atoms. The van der Waals surface area contributed by atoms with E-state index in [2.05, 4.69) is 4.90 Å². The summed E-state index contributed by atoms with van der Waals surface area (Å²) in [7, 11) is -3.05. The minimum Gasteiger partial charge on any atom is -0.300 e. The molecular formula is C11H22N2O3S. The first-order valence-electron chi connectivity index (χ1n) is 6.15. The Balaban J connectivity index is 2.38. The number of hydrogen-bond acceptors (Lipinski definition) is 4. The van der Waals surface area contributed by atoms with Gasteiger partial charge in [0.2, 0.25) is 10.0 Å². The largest absolute Gasteiger partial charge is 0.300 e. The molecule has 1 aliphatic heterocycles. The lowest BCUT2D eigenvalue weighted by Gasteiger charge is -2.33. The summed E-state index contributed by atoms with van der Waals surface area (Å²) in [6, 6.07) is 0. The number of nitrogens with zero attached hydrogens (tertiary/aromatic N) is 2. The van der Waals surface area contributed by atoms with Gasteiger partial charge in [0.15, 0.2) is 0 Å². The Bertz CT molecular complexity index is 346. The molecule has 1 aliphatic rings. The van der Waals surface area contributed by atoms with Crippen LogP contribution in [0.3, 0.4) is 0 Å². The summed E-state index contributed by atoms with van der Waals surface area (Å²) in [5.74, 6) is 0.423. The molecule has 0 aromatic heterocycles. The number of carbonyl (C=O) groups excluding carboxylic acids is 1. The van der Waals surface area contributed by atoms with Crippen molar-refractivity contribution in [1.82, 2.24) is 9.21 Å². The van der Waals surface area contributed by atoms with E-state index in [1.54, 1.807) is 11.2 Å². The van der Waals surface area contributed by atoms with E-state index in [-0.39, 0.29) is 11.5 Å². The maximum absolute atomic E-state index is 11.8. The van der Waals surface area contributed by atoms with E-state index in [9.17, 15) is 13.2 Å². The van der Waals surface area contributed by atoms with Crippen molar-refractivity contribution in [3.8, 4) is 0 Å². The highest BCUT2D eigenvalue weighted by molar-refractivity contribution is 7.89. The van der Waals surface area contributed by atoms with E-state index in [0.29, 0.717) is 25.9 Å². The van der Waals surface area contributed by atoms with Crippen LogP contribution in [-0.2, 0) is 14.8 Å². The number of hydrogen-bond donors (Lipinski definition) is 0. The van der Waals surface area contributed by atoms with Crippen molar-refractivity contribution >= 4 is 15.8 Å². The summed E-state index contributed by atoms with van der Waals surface area (Å²) < 4.78 is 25.2. The average Bonchev–Trinajstić information content (AvgIpc) is 2.27. The van der Waals surface area contributed by atoms with Crippen LogP contribution in [-0.4, -0.2) is 61.9 Å². The molecule has 1 rings (SSSR count). The molecule has 0 N–H and O–H groups in total. The quantitative estimate of drug-likeness (QED) is 0.692. The maximum atomic E-state index is 11.8. The van der Waals surface area contributed by atoms with Gasteiger partial charge in [0, 0.05) is 39.1 Å². The van der Waals surface area contributed by atoms with Crippen molar-refractivity contribution < 1.29 is 13.2 Å². The van der Waals surface area contributed by atoms with E-state index >= 15 is 0 Å². The van der Waals surface area contributed by atoms with Crippen molar-refractivity contribution in [2.45, 2.75) is 26.7 Å². The highest BCUT2D eigenvalue weighted by Crippen LogP contribution is 2.09. The number of carbonyl (C=O) groups is 1. The van der Waals surface area contributed by atoms with Gasteiger partial charge in [-0.2, -0.15) is 4.31 Å². The standard InChI is InChI=1S/C11H22N2O3S/c1-3-10-17(15,16)13-8-6-12(7-9-13)5-4-11(2)14/h3-10H2,1-2H3. The van der Waals surface area contributed by atoms with Crippen LogP contribution in [0.5, 0.6) is 0 Å². The molecular weight excluding hydrogens is 240 g/mol. The molecule has 6 heteroatoms. The Hall–Kier alpha value is -0.460. The number of sulfonamides is 1. The van der Waals surface area contributed by atoms with Crippen LogP contribution < -0.4 is 0 Å². The van der Waals surface area contributed by atoms with Gasteiger partial charge in [-0.3, -0.25) is 4.79 Å². The maximum Gasteiger partial charge on any atom is 0.214 e. The molecule has 0 radical (unpaired) electrons. The molecule has 100 valence electrons. The van der Waals surface area contributed by atoms with Crippen LogP contribution in [0.1, 0.15) is 26.7 Å². The Morgan fingerprint density at radius 3 is 2.24 bits per heavy atom. The zero-order valence-corrected chi connectivity index (χ0v) is 11.5. The molecule has 0 bridgehead atoms. The first kappa shape index (κ1) is 14.6. The highest BCUT2D eigenvalue weighted by atomic mass is 32.2. The summed E-state index contributed by atoms with van der Waals surface area (Å²) in [5.41, 5.74) is 0. The van der Waals surface area contributed by atoms with E-state index in [1.165, 1.54) is 0 Å². The topological polar surface area (TPSA) is 57.7 Å². The Labute approximate surface area is 104 Å². The Kier molecular flexibility index (Phi) is 5.55. The van der Waals surface area contributed by atoms with Crippen molar-refractivity contribution in [1.29, 1.82) is 0 Å². The molecule has 1 saturated heterocycles. The van der Waals surface area contributed by atoms with E-state index in [1.807, 2.05) is 6.92 Å². The fraction of sp³-hybridized carbons (Fsp3) is 0.909. The van der Waals surface area contributed by atoms with Crippen LogP contribution in [0, 0.1) is 0 Å². The van der Waals surface area contributed by atoms with Gasteiger partial charge in [-0.15, -0.1) is 0 Å². The predicted octanol–water partition coefficient (Wildman–Crippen LogP) is 0.323. The molecule has 5 nitrogen and oxygen atoms in total. The second-order valence-electron chi connectivity index (χ2n) is 4.51. The Morgan fingerprint density at radius 1 is 1.18 bits per heavy atom. The monoisotopic (exact) mass is 262 g/mol. The molecule has 0 aliphatic carbocycles. The van der Waals surface area contributed by atoms with Crippen molar-refractivity contribution in [3.63, 3.8) is 0 Å². The fourth-order valence-corrected chi connectivity index (χ4v) is 3.43. The minimum atomic E-state index is -3.05. The van der Waals surface area contributed by atoms with Gasteiger partial charge >= 0.3 is 0 Å². The van der Waals surface area contributed by atoms with E-state index in [0.717, 1.165) is 19.6 Å². The van der Waals surface area contributed by atoms with Crippen molar-refractivity contribution in [2.24, 2.45) is 0 Å². The van der Waals surface area contributed by atoms with E-state index < -0.39 is 10.0 Å². The van der Waals surface area contributed by atoms with Crippen molar-refractivity contribution in [2.75, 3.05) is 38.5 Å². The molecule has 0 saturated carbocycles. The molecule has 0 amide bonds. The summed E-state index contributed by atoms with van der Waals surface area (Å²) in [6.45, 7) is 6.78. The Morgan fingerprint density at radius 2 is 1.76 bits per heavy atom. The minimum absolute atomic E-state index is 0.186. The van der Waals surface area contributed by atoms with Crippen LogP contribution in [0.15, 0.2) is 0 Å². The lowest BCUT2D eigenvalue weighted by molar-refractivity contribution is -0.117. The summed E-state index contributed by atoms with van der Waals surface area (Å²) >= 11 is 0. The predicted molar refractivity (Wildman–Crippen MR) is 67.4 cm³/mol. The van der Waals surface area contributed by atoms with Crippen LogP contribution in [0.2, 0.25) is 0 Å². The molecule has 0 aromatic rings. The zero-order valence-electron chi connectivity index (χ0n) is 10.7. The van der Waals surface area contributed by atoms with E-state index in [4.69, 9.17) is 0 Å². The zero-order chi connectivity index (χ0) is 12.9. The van der Waals surface area contributed by atoms with Gasteiger partial charge < -0.3 is 4.90 Å². The van der Waals surface area contributed by atoms with Gasteiger partial charge in [-0.1, -0.05) is 6.92 Å². The summed E-state index contributed by atoms with van der Waals surface area (Å²) in [4.78, 5) is 13.0. The second-order valence-corrected chi connectivity index (χ2v) is 6.60. The number of Topliss-reactive ketones (excluding diaryl/α,β-unsaturated/α-hetero) is 1. The van der Waals surface area contributed by atoms with Gasteiger partial charge in [0.25, 0.3) is 0 Å². The number of piperazine rings is 1. The van der Waals surface area contributed by atoms with Gasteiger partial charge in [-0.05, 0) is 13.3 Å².